The van der Waals surface area contributed by atoms with E-state index < -0.39 is 0 Å². The Kier molecular flexibility index (Phi) is 3.95. The molecule has 0 heterocycles. The Balaban J connectivity index is 1.58. The van der Waals surface area contributed by atoms with Crippen molar-refractivity contribution in [2.45, 2.75) is 89.4 Å². The molecule has 0 aromatic heterocycles. The van der Waals surface area contributed by atoms with E-state index in [-0.39, 0.29) is 0 Å². The molecule has 3 saturated carbocycles. The zero-order valence-corrected chi connectivity index (χ0v) is 11.9. The van der Waals surface area contributed by atoms with E-state index in [9.17, 15) is 0 Å². The molecule has 0 aromatic rings. The molecule has 3 aliphatic carbocycles. The van der Waals surface area contributed by atoms with Crippen molar-refractivity contribution < 1.29 is 4.74 Å². The molecule has 0 bridgehead atoms. The summed E-state index contributed by atoms with van der Waals surface area (Å²) in [4.78, 5) is 0. The van der Waals surface area contributed by atoms with Crippen LogP contribution in [-0.4, -0.2) is 24.8 Å². The van der Waals surface area contributed by atoms with Gasteiger partial charge in [-0.05, 0) is 45.1 Å². The molecular weight excluding hydrogens is 222 g/mol. The SMILES string of the molecule is CCCNC1CC(OC2CCCC2)C12CCCC2. The first kappa shape index (κ1) is 12.9. The second-order valence-corrected chi connectivity index (χ2v) is 6.71. The van der Waals surface area contributed by atoms with E-state index in [2.05, 4.69) is 12.2 Å². The van der Waals surface area contributed by atoms with Crippen LogP contribution in [0.3, 0.4) is 0 Å². The second-order valence-electron chi connectivity index (χ2n) is 6.71. The Labute approximate surface area is 112 Å². The lowest BCUT2D eigenvalue weighted by molar-refractivity contribution is -0.158. The van der Waals surface area contributed by atoms with E-state index in [1.807, 2.05) is 0 Å². The second kappa shape index (κ2) is 5.50. The van der Waals surface area contributed by atoms with Crippen LogP contribution in [0, 0.1) is 5.41 Å². The molecule has 3 aliphatic rings. The third-order valence-electron chi connectivity index (χ3n) is 5.62. The first-order chi connectivity index (χ1) is 8.85. The van der Waals surface area contributed by atoms with Crippen LogP contribution in [0.1, 0.15) is 71.1 Å². The van der Waals surface area contributed by atoms with Gasteiger partial charge < -0.3 is 10.1 Å². The van der Waals surface area contributed by atoms with Crippen LogP contribution in [-0.2, 0) is 4.74 Å². The molecule has 1 N–H and O–H groups in total. The summed E-state index contributed by atoms with van der Waals surface area (Å²) in [6.45, 7) is 3.45. The number of ether oxygens (including phenoxy) is 1. The maximum atomic E-state index is 6.46. The molecule has 0 radical (unpaired) electrons. The summed E-state index contributed by atoms with van der Waals surface area (Å²) in [6, 6.07) is 0.756. The normalized spacial score (nSPS) is 35.2. The molecule has 2 heteroatoms. The molecule has 3 fully saturated rings. The van der Waals surface area contributed by atoms with Crippen LogP contribution in [0.4, 0.5) is 0 Å². The van der Waals surface area contributed by atoms with Crippen LogP contribution < -0.4 is 5.32 Å². The van der Waals surface area contributed by atoms with Gasteiger partial charge in [0.05, 0.1) is 12.2 Å². The van der Waals surface area contributed by atoms with Gasteiger partial charge in [-0.1, -0.05) is 32.6 Å². The predicted octanol–water partition coefficient (Wildman–Crippen LogP) is 3.65. The first-order valence-corrected chi connectivity index (χ1v) is 8.24. The minimum atomic E-state index is 0.526. The minimum absolute atomic E-state index is 0.526. The van der Waals surface area contributed by atoms with Crippen molar-refractivity contribution >= 4 is 0 Å². The molecule has 2 atom stereocenters. The van der Waals surface area contributed by atoms with E-state index in [1.165, 1.54) is 70.8 Å². The van der Waals surface area contributed by atoms with Gasteiger partial charge in [0.15, 0.2) is 0 Å². The molecule has 0 aromatic carbocycles. The minimum Gasteiger partial charge on any atom is -0.374 e. The van der Waals surface area contributed by atoms with E-state index >= 15 is 0 Å². The molecule has 3 rings (SSSR count). The fraction of sp³-hybridized carbons (Fsp3) is 1.00. The third-order valence-corrected chi connectivity index (χ3v) is 5.62. The van der Waals surface area contributed by atoms with Gasteiger partial charge in [-0.2, -0.15) is 0 Å². The smallest absolute Gasteiger partial charge is 0.0665 e. The summed E-state index contributed by atoms with van der Waals surface area (Å²) >= 11 is 0. The monoisotopic (exact) mass is 251 g/mol. The Morgan fingerprint density at radius 1 is 1.11 bits per heavy atom. The van der Waals surface area contributed by atoms with Gasteiger partial charge in [-0.3, -0.25) is 0 Å². The Hall–Kier alpha value is -0.0800. The van der Waals surface area contributed by atoms with Gasteiger partial charge in [0, 0.05) is 11.5 Å². The maximum Gasteiger partial charge on any atom is 0.0665 e. The lowest BCUT2D eigenvalue weighted by atomic mass is 9.60. The van der Waals surface area contributed by atoms with Crippen molar-refractivity contribution in [2.75, 3.05) is 6.54 Å². The third kappa shape index (κ3) is 2.22. The van der Waals surface area contributed by atoms with Crippen molar-refractivity contribution in [2.24, 2.45) is 5.41 Å². The van der Waals surface area contributed by atoms with Crippen molar-refractivity contribution in [1.82, 2.24) is 5.32 Å². The van der Waals surface area contributed by atoms with Gasteiger partial charge in [0.2, 0.25) is 0 Å². The van der Waals surface area contributed by atoms with Crippen LogP contribution >= 0.6 is 0 Å². The molecule has 0 saturated heterocycles. The molecule has 0 aliphatic heterocycles. The van der Waals surface area contributed by atoms with Gasteiger partial charge in [0.1, 0.15) is 0 Å². The highest BCUT2D eigenvalue weighted by atomic mass is 16.5. The van der Waals surface area contributed by atoms with E-state index in [0.717, 1.165) is 6.04 Å². The zero-order valence-electron chi connectivity index (χ0n) is 11.9. The number of hydrogen-bond donors (Lipinski definition) is 1. The highest BCUT2D eigenvalue weighted by molar-refractivity contribution is 5.10. The zero-order chi connectivity index (χ0) is 12.4. The molecule has 104 valence electrons. The maximum absolute atomic E-state index is 6.46. The first-order valence-electron chi connectivity index (χ1n) is 8.24. The van der Waals surface area contributed by atoms with Gasteiger partial charge >= 0.3 is 0 Å². The van der Waals surface area contributed by atoms with E-state index in [1.54, 1.807) is 0 Å². The van der Waals surface area contributed by atoms with Crippen molar-refractivity contribution in [1.29, 1.82) is 0 Å². The lowest BCUT2D eigenvalue weighted by Gasteiger charge is -2.55. The van der Waals surface area contributed by atoms with Gasteiger partial charge in [-0.15, -0.1) is 0 Å². The number of nitrogens with one attached hydrogen (secondary N) is 1. The topological polar surface area (TPSA) is 21.3 Å². The van der Waals surface area contributed by atoms with Crippen molar-refractivity contribution in [3.63, 3.8) is 0 Å². The Bertz CT molecular complexity index is 266. The van der Waals surface area contributed by atoms with Crippen LogP contribution in [0.25, 0.3) is 0 Å². The predicted molar refractivity (Wildman–Crippen MR) is 74.7 cm³/mol. The molecular formula is C16H29NO. The standard InChI is InChI=1S/C16H29NO/c1-2-11-17-14-12-15(16(14)9-5-6-10-16)18-13-7-3-4-8-13/h13-15,17H,2-12H2,1H3. The summed E-state index contributed by atoms with van der Waals surface area (Å²) in [5.41, 5.74) is 0.526. The largest absolute Gasteiger partial charge is 0.374 e. The van der Waals surface area contributed by atoms with E-state index in [4.69, 9.17) is 4.74 Å². The van der Waals surface area contributed by atoms with Crippen LogP contribution in [0.2, 0.25) is 0 Å². The molecule has 2 unspecified atom stereocenters. The highest BCUT2D eigenvalue weighted by Gasteiger charge is 2.56. The van der Waals surface area contributed by atoms with Crippen molar-refractivity contribution in [3.8, 4) is 0 Å². The molecule has 1 spiro atoms. The molecule has 2 nitrogen and oxygen atoms in total. The summed E-state index contributed by atoms with van der Waals surface area (Å²) in [7, 11) is 0. The Morgan fingerprint density at radius 2 is 1.83 bits per heavy atom. The average Bonchev–Trinajstić information content (AvgIpc) is 3.03. The summed E-state index contributed by atoms with van der Waals surface area (Å²) in [5.74, 6) is 0. The molecule has 0 amide bonds. The summed E-state index contributed by atoms with van der Waals surface area (Å²) < 4.78 is 6.46. The Morgan fingerprint density at radius 3 is 2.50 bits per heavy atom. The average molecular weight is 251 g/mol. The summed E-state index contributed by atoms with van der Waals surface area (Å²) in [5, 5.41) is 3.78. The lowest BCUT2D eigenvalue weighted by Crippen LogP contribution is -2.63. The fourth-order valence-electron chi connectivity index (χ4n) is 4.50. The molecule has 18 heavy (non-hydrogen) atoms. The quantitative estimate of drug-likeness (QED) is 0.805. The highest BCUT2D eigenvalue weighted by Crippen LogP contribution is 2.55. The fourth-order valence-corrected chi connectivity index (χ4v) is 4.50. The van der Waals surface area contributed by atoms with Crippen molar-refractivity contribution in [3.05, 3.63) is 0 Å². The van der Waals surface area contributed by atoms with Gasteiger partial charge in [-0.25, -0.2) is 0 Å². The number of hydrogen-bond acceptors (Lipinski definition) is 2. The van der Waals surface area contributed by atoms with Crippen LogP contribution in [0.5, 0.6) is 0 Å². The van der Waals surface area contributed by atoms with E-state index in [0.29, 0.717) is 17.6 Å². The van der Waals surface area contributed by atoms with Gasteiger partial charge in [0.25, 0.3) is 0 Å². The summed E-state index contributed by atoms with van der Waals surface area (Å²) in [6.07, 6.45) is 14.8. The van der Waals surface area contributed by atoms with Crippen LogP contribution in [0.15, 0.2) is 0 Å². The number of rotatable bonds is 5.